The Morgan fingerprint density at radius 3 is 1.55 bits per heavy atom. The van der Waals surface area contributed by atoms with E-state index in [9.17, 15) is 0 Å². The summed E-state index contributed by atoms with van der Waals surface area (Å²) in [6, 6.07) is 11.2. The molecule has 0 bridgehead atoms. The van der Waals surface area contributed by atoms with Gasteiger partial charge in [0.15, 0.2) is 0 Å². The van der Waals surface area contributed by atoms with Gasteiger partial charge in [0.05, 0.1) is 0 Å². The third kappa shape index (κ3) is 6.53. The molecule has 0 saturated heterocycles. The van der Waals surface area contributed by atoms with E-state index in [0.29, 0.717) is 10.8 Å². The molecule has 1 radical (unpaired) electrons. The van der Waals surface area contributed by atoms with Crippen molar-refractivity contribution in [3.05, 3.63) is 43.3 Å². The first kappa shape index (κ1) is 26.7. The van der Waals surface area contributed by atoms with Crippen molar-refractivity contribution in [3.8, 4) is 0 Å². The fourth-order valence-corrected chi connectivity index (χ4v) is 3.38. The molecule has 1 aliphatic carbocycles. The van der Waals surface area contributed by atoms with Gasteiger partial charge in [0.2, 0.25) is 0 Å². The standard InChI is InChI=1S/C16H24.2C2H6.CH3.Rh/c1-15(2,3)16(12-8-5-9-13-16)14-10-6-4-7-11-14;2*1-2;;/h4,6-7,10-11H,5,8-9,12-13H2,1-3H3;2*1-2H3;1H3;/q;;;-1;. The van der Waals surface area contributed by atoms with E-state index < -0.39 is 0 Å². The number of hydrogen-bond acceptors (Lipinski definition) is 0. The van der Waals surface area contributed by atoms with Gasteiger partial charge in [0, 0.05) is 24.9 Å². The molecule has 0 unspecified atom stereocenters. The van der Waals surface area contributed by atoms with Crippen LogP contribution in [0.4, 0.5) is 0 Å². The van der Waals surface area contributed by atoms with Crippen LogP contribution in [0.25, 0.3) is 0 Å². The van der Waals surface area contributed by atoms with Gasteiger partial charge in [-0.1, -0.05) is 98.1 Å². The van der Waals surface area contributed by atoms with Gasteiger partial charge in [-0.15, -0.1) is 0 Å². The summed E-state index contributed by atoms with van der Waals surface area (Å²) in [6.45, 7) is 15.2. The second-order valence-corrected chi connectivity index (χ2v) is 6.26. The van der Waals surface area contributed by atoms with Crippen LogP contribution >= 0.6 is 0 Å². The SMILES string of the molecule is CC.CC.CC(C)(C)C1(c2ccccc2)CCCCC1.[CH3-].[Rh]. The maximum absolute atomic E-state index is 2.41. The van der Waals surface area contributed by atoms with Crippen LogP contribution in [-0.4, -0.2) is 0 Å². The van der Waals surface area contributed by atoms with Crippen molar-refractivity contribution in [2.24, 2.45) is 5.41 Å². The Bertz CT molecular complexity index is 329. The van der Waals surface area contributed by atoms with Gasteiger partial charge in [0.25, 0.3) is 0 Å². The van der Waals surface area contributed by atoms with E-state index in [1.807, 2.05) is 27.7 Å². The molecule has 0 spiro atoms. The van der Waals surface area contributed by atoms with Gasteiger partial charge in [-0.3, -0.25) is 0 Å². The fourth-order valence-electron chi connectivity index (χ4n) is 3.38. The number of benzene rings is 1. The summed E-state index contributed by atoms with van der Waals surface area (Å²) < 4.78 is 0. The first-order valence-corrected chi connectivity index (χ1v) is 8.62. The topological polar surface area (TPSA) is 0 Å². The second kappa shape index (κ2) is 13.3. The zero-order valence-electron chi connectivity index (χ0n) is 16.3. The Labute approximate surface area is 154 Å². The third-order valence-corrected chi connectivity index (χ3v) is 4.47. The molecule has 1 saturated carbocycles. The molecule has 0 N–H and O–H groups in total. The van der Waals surface area contributed by atoms with Crippen LogP contribution in [0.3, 0.4) is 0 Å². The Morgan fingerprint density at radius 2 is 1.18 bits per heavy atom. The molecule has 2 rings (SSSR count). The summed E-state index contributed by atoms with van der Waals surface area (Å²) in [5.74, 6) is 0. The summed E-state index contributed by atoms with van der Waals surface area (Å²) in [5, 5.41) is 0. The molecule has 0 amide bonds. The van der Waals surface area contributed by atoms with E-state index in [-0.39, 0.29) is 26.9 Å². The summed E-state index contributed by atoms with van der Waals surface area (Å²) in [4.78, 5) is 0. The van der Waals surface area contributed by atoms with Crippen LogP contribution < -0.4 is 0 Å². The molecule has 0 aromatic heterocycles. The summed E-state index contributed by atoms with van der Waals surface area (Å²) in [6.07, 6.45) is 6.93. The molecule has 1 aromatic rings. The Hall–Kier alpha value is -0.157. The molecule has 1 fully saturated rings. The molecule has 0 aliphatic heterocycles. The molecular weight excluding hydrogens is 355 g/mol. The van der Waals surface area contributed by atoms with E-state index >= 15 is 0 Å². The van der Waals surface area contributed by atoms with Crippen LogP contribution in [0, 0.1) is 12.8 Å². The smallest absolute Gasteiger partial charge is 0.000148 e. The van der Waals surface area contributed by atoms with Crippen LogP contribution in [0.15, 0.2) is 30.3 Å². The molecule has 22 heavy (non-hydrogen) atoms. The molecule has 0 nitrogen and oxygen atoms in total. The minimum atomic E-state index is 0. The molecule has 1 heteroatoms. The predicted octanol–water partition coefficient (Wildman–Crippen LogP) is 7.43. The molecule has 1 aromatic carbocycles. The van der Waals surface area contributed by atoms with Gasteiger partial charge in [-0.25, -0.2) is 0 Å². The van der Waals surface area contributed by atoms with Crippen LogP contribution in [-0.2, 0) is 24.9 Å². The predicted molar refractivity (Wildman–Crippen MR) is 99.8 cm³/mol. The van der Waals surface area contributed by atoms with E-state index in [1.165, 1.54) is 32.1 Å². The zero-order chi connectivity index (χ0) is 15.6. The molecule has 133 valence electrons. The van der Waals surface area contributed by atoms with Crippen molar-refractivity contribution in [3.63, 3.8) is 0 Å². The molecule has 0 atom stereocenters. The summed E-state index contributed by atoms with van der Waals surface area (Å²) in [7, 11) is 0. The van der Waals surface area contributed by atoms with Gasteiger partial charge >= 0.3 is 0 Å². The van der Waals surface area contributed by atoms with Gasteiger partial charge < -0.3 is 7.43 Å². The second-order valence-electron chi connectivity index (χ2n) is 6.26. The quantitative estimate of drug-likeness (QED) is 0.343. The average Bonchev–Trinajstić information content (AvgIpc) is 2.52. The van der Waals surface area contributed by atoms with Crippen molar-refractivity contribution in [2.45, 2.75) is 86.0 Å². The van der Waals surface area contributed by atoms with Gasteiger partial charge in [-0.05, 0) is 23.8 Å². The van der Waals surface area contributed by atoms with Gasteiger partial charge in [-0.2, -0.15) is 0 Å². The number of rotatable bonds is 1. The first-order chi connectivity index (χ1) is 9.56. The maximum atomic E-state index is 2.41. The fraction of sp³-hybridized carbons (Fsp3) is 0.667. The van der Waals surface area contributed by atoms with Crippen molar-refractivity contribution in [1.29, 1.82) is 0 Å². The average molecular weight is 394 g/mol. The van der Waals surface area contributed by atoms with E-state index in [4.69, 9.17) is 0 Å². The van der Waals surface area contributed by atoms with Crippen molar-refractivity contribution in [1.82, 2.24) is 0 Å². The minimum Gasteiger partial charge on any atom is -0.358 e. The molecular formula is C21H39Rh-. The normalized spacial score (nSPS) is 15.6. The summed E-state index contributed by atoms with van der Waals surface area (Å²) >= 11 is 0. The molecule has 0 heterocycles. The Balaban J connectivity index is -0.000000557. The van der Waals surface area contributed by atoms with Crippen LogP contribution in [0.1, 0.15) is 86.1 Å². The van der Waals surface area contributed by atoms with Crippen LogP contribution in [0.5, 0.6) is 0 Å². The first-order valence-electron chi connectivity index (χ1n) is 8.62. The third-order valence-electron chi connectivity index (χ3n) is 4.47. The van der Waals surface area contributed by atoms with Crippen LogP contribution in [0.2, 0.25) is 0 Å². The van der Waals surface area contributed by atoms with Crippen molar-refractivity contribution >= 4 is 0 Å². The van der Waals surface area contributed by atoms with E-state index in [1.54, 1.807) is 5.56 Å². The Morgan fingerprint density at radius 1 is 0.773 bits per heavy atom. The molecule has 1 aliphatic rings. The largest absolute Gasteiger partial charge is 0.358 e. The van der Waals surface area contributed by atoms with Crippen molar-refractivity contribution in [2.75, 3.05) is 0 Å². The van der Waals surface area contributed by atoms with Gasteiger partial charge in [0.1, 0.15) is 0 Å². The van der Waals surface area contributed by atoms with E-state index in [0.717, 1.165) is 0 Å². The van der Waals surface area contributed by atoms with Crippen molar-refractivity contribution < 1.29 is 19.5 Å². The van der Waals surface area contributed by atoms with E-state index in [2.05, 4.69) is 51.1 Å². The zero-order valence-corrected chi connectivity index (χ0v) is 17.9. The number of hydrogen-bond donors (Lipinski definition) is 0. The monoisotopic (exact) mass is 394 g/mol. The summed E-state index contributed by atoms with van der Waals surface area (Å²) in [5.41, 5.74) is 2.34. The minimum absolute atomic E-state index is 0. The Kier molecular flexibility index (Phi) is 16.2. The maximum Gasteiger partial charge on any atom is 0.000148 e.